The van der Waals surface area contributed by atoms with Gasteiger partial charge in [0.2, 0.25) is 0 Å². The van der Waals surface area contributed by atoms with Crippen molar-refractivity contribution in [2.24, 2.45) is 11.8 Å². The van der Waals surface area contributed by atoms with Gasteiger partial charge in [0.1, 0.15) is 0 Å². The van der Waals surface area contributed by atoms with Crippen molar-refractivity contribution in [2.75, 3.05) is 13.1 Å². The van der Waals surface area contributed by atoms with E-state index in [1.807, 2.05) is 6.07 Å². The molecule has 1 aromatic heterocycles. The fourth-order valence-corrected chi connectivity index (χ4v) is 3.88. The molecule has 2 heterocycles. The summed E-state index contributed by atoms with van der Waals surface area (Å²) in [5.41, 5.74) is 3.47. The van der Waals surface area contributed by atoms with Crippen LogP contribution in [0.3, 0.4) is 0 Å². The Balaban J connectivity index is 1.91. The molecule has 0 radical (unpaired) electrons. The highest BCUT2D eigenvalue weighted by Gasteiger charge is 2.20. The molecule has 1 aliphatic heterocycles. The largest absolute Gasteiger partial charge is 0.299 e. The predicted octanol–water partition coefficient (Wildman–Crippen LogP) is 2.67. The second-order valence-electron chi connectivity index (χ2n) is 5.67. The maximum Gasteiger partial charge on any atom is 0.275 e. The van der Waals surface area contributed by atoms with Gasteiger partial charge in [-0.05, 0) is 50.4 Å². The molecule has 0 unspecified atom stereocenters. The molecule has 112 valence electrons. The number of aryl methyl sites for hydroxylation is 1. The minimum absolute atomic E-state index is 0.189. The number of piperidine rings is 1. The van der Waals surface area contributed by atoms with Gasteiger partial charge in [-0.15, -0.1) is 11.3 Å². The van der Waals surface area contributed by atoms with Crippen LogP contribution >= 0.6 is 11.3 Å². The van der Waals surface area contributed by atoms with Crippen LogP contribution in [0.2, 0.25) is 0 Å². The van der Waals surface area contributed by atoms with E-state index < -0.39 is 0 Å². The van der Waals surface area contributed by atoms with Crippen LogP contribution in [-0.2, 0) is 6.54 Å². The minimum atomic E-state index is -0.189. The normalized spacial score (nSPS) is 17.4. The topological polar surface area (TPSA) is 58.4 Å². The van der Waals surface area contributed by atoms with Gasteiger partial charge in [0.15, 0.2) is 0 Å². The monoisotopic (exact) mass is 295 g/mol. The van der Waals surface area contributed by atoms with Crippen molar-refractivity contribution in [3.63, 3.8) is 0 Å². The summed E-state index contributed by atoms with van der Waals surface area (Å²) in [5, 5.41) is 0. The third-order valence-electron chi connectivity index (χ3n) is 4.17. The van der Waals surface area contributed by atoms with Gasteiger partial charge in [-0.1, -0.05) is 19.8 Å². The number of hydrogen-bond acceptors (Lipinski definition) is 4. The SMILES string of the molecule is CCCC1CCN(Cc2cc(C(=O)NN)sc2C)CC1. The van der Waals surface area contributed by atoms with Gasteiger partial charge < -0.3 is 0 Å². The number of hydrogen-bond donors (Lipinski definition) is 2. The number of hydrazine groups is 1. The fraction of sp³-hybridized carbons (Fsp3) is 0.667. The van der Waals surface area contributed by atoms with Crippen molar-refractivity contribution in [3.8, 4) is 0 Å². The lowest BCUT2D eigenvalue weighted by atomic mass is 9.92. The Kier molecular flexibility index (Phi) is 5.57. The first-order valence-electron chi connectivity index (χ1n) is 7.46. The van der Waals surface area contributed by atoms with Crippen molar-refractivity contribution in [1.29, 1.82) is 0 Å². The van der Waals surface area contributed by atoms with E-state index in [2.05, 4.69) is 24.2 Å². The van der Waals surface area contributed by atoms with Gasteiger partial charge in [-0.3, -0.25) is 15.1 Å². The van der Waals surface area contributed by atoms with Crippen LogP contribution < -0.4 is 11.3 Å². The molecule has 1 aromatic rings. The van der Waals surface area contributed by atoms with Crippen LogP contribution in [0.4, 0.5) is 0 Å². The van der Waals surface area contributed by atoms with Gasteiger partial charge >= 0.3 is 0 Å². The number of nitrogens with zero attached hydrogens (tertiary/aromatic N) is 1. The number of carbonyl (C=O) groups is 1. The van der Waals surface area contributed by atoms with Gasteiger partial charge in [0.05, 0.1) is 4.88 Å². The summed E-state index contributed by atoms with van der Waals surface area (Å²) in [6, 6.07) is 1.99. The molecule has 4 nitrogen and oxygen atoms in total. The quantitative estimate of drug-likeness (QED) is 0.499. The van der Waals surface area contributed by atoms with Gasteiger partial charge in [-0.2, -0.15) is 0 Å². The second-order valence-corrected chi connectivity index (χ2v) is 6.93. The highest BCUT2D eigenvalue weighted by molar-refractivity contribution is 7.14. The van der Waals surface area contributed by atoms with Crippen LogP contribution in [0.5, 0.6) is 0 Å². The number of rotatable bonds is 5. The lowest BCUT2D eigenvalue weighted by molar-refractivity contribution is 0.0957. The highest BCUT2D eigenvalue weighted by atomic mass is 32.1. The van der Waals surface area contributed by atoms with E-state index in [-0.39, 0.29) is 5.91 Å². The van der Waals surface area contributed by atoms with Crippen LogP contribution in [0.25, 0.3) is 0 Å². The van der Waals surface area contributed by atoms with E-state index in [1.165, 1.54) is 60.6 Å². The molecule has 0 bridgehead atoms. The standard InChI is InChI=1S/C15H25N3OS/c1-3-4-12-5-7-18(8-6-12)10-13-9-14(15(19)17-16)20-11(13)2/h9,12H,3-8,10,16H2,1-2H3,(H,17,19). The zero-order valence-electron chi connectivity index (χ0n) is 12.4. The van der Waals surface area contributed by atoms with Crippen molar-refractivity contribution >= 4 is 17.2 Å². The Hall–Kier alpha value is -0.910. The summed E-state index contributed by atoms with van der Waals surface area (Å²) in [7, 11) is 0. The Bertz CT molecular complexity index is 450. The summed E-state index contributed by atoms with van der Waals surface area (Å²) in [6.07, 6.45) is 5.29. The van der Waals surface area contributed by atoms with Gasteiger partial charge in [0.25, 0.3) is 5.91 Å². The summed E-state index contributed by atoms with van der Waals surface area (Å²) in [5.74, 6) is 5.91. The molecular weight excluding hydrogens is 270 g/mol. The third kappa shape index (κ3) is 3.81. The molecule has 5 heteroatoms. The molecule has 0 aliphatic carbocycles. The number of amides is 1. The van der Waals surface area contributed by atoms with Crippen molar-refractivity contribution in [2.45, 2.75) is 46.1 Å². The van der Waals surface area contributed by atoms with E-state index in [0.717, 1.165) is 12.5 Å². The first-order valence-corrected chi connectivity index (χ1v) is 8.28. The Morgan fingerprint density at radius 2 is 2.20 bits per heavy atom. The maximum absolute atomic E-state index is 11.5. The van der Waals surface area contributed by atoms with E-state index in [9.17, 15) is 4.79 Å². The van der Waals surface area contributed by atoms with Gasteiger partial charge in [-0.25, -0.2) is 5.84 Å². The molecule has 2 rings (SSSR count). The first kappa shape index (κ1) is 15.5. The summed E-state index contributed by atoms with van der Waals surface area (Å²) < 4.78 is 0. The number of carbonyl (C=O) groups excluding carboxylic acids is 1. The average Bonchev–Trinajstić information content (AvgIpc) is 2.82. The molecule has 20 heavy (non-hydrogen) atoms. The number of likely N-dealkylation sites (tertiary alicyclic amines) is 1. The van der Waals surface area contributed by atoms with Crippen molar-refractivity contribution in [3.05, 3.63) is 21.4 Å². The molecule has 3 N–H and O–H groups in total. The second kappa shape index (κ2) is 7.20. The lowest BCUT2D eigenvalue weighted by Crippen LogP contribution is -2.33. The minimum Gasteiger partial charge on any atom is -0.299 e. The van der Waals surface area contributed by atoms with Crippen LogP contribution in [0.1, 0.15) is 52.7 Å². The molecule has 1 aliphatic rings. The number of nitrogen functional groups attached to an aromatic ring is 1. The fourth-order valence-electron chi connectivity index (χ4n) is 2.94. The number of nitrogens with one attached hydrogen (secondary N) is 1. The zero-order chi connectivity index (χ0) is 14.5. The third-order valence-corrected chi connectivity index (χ3v) is 5.27. The molecule has 1 fully saturated rings. The number of nitrogens with two attached hydrogens (primary N) is 1. The molecule has 0 atom stereocenters. The van der Waals surface area contributed by atoms with Crippen molar-refractivity contribution < 1.29 is 4.79 Å². The molecule has 1 amide bonds. The molecule has 0 saturated carbocycles. The first-order chi connectivity index (χ1) is 9.63. The zero-order valence-corrected chi connectivity index (χ0v) is 13.3. The van der Waals surface area contributed by atoms with E-state index in [4.69, 9.17) is 5.84 Å². The van der Waals surface area contributed by atoms with E-state index in [1.54, 1.807) is 0 Å². The average molecular weight is 295 g/mol. The Morgan fingerprint density at radius 1 is 1.50 bits per heavy atom. The van der Waals surface area contributed by atoms with Crippen LogP contribution in [-0.4, -0.2) is 23.9 Å². The van der Waals surface area contributed by atoms with Crippen LogP contribution in [0.15, 0.2) is 6.07 Å². The molecule has 0 spiro atoms. The smallest absolute Gasteiger partial charge is 0.275 e. The molecular formula is C15H25N3OS. The predicted molar refractivity (Wildman–Crippen MR) is 83.6 cm³/mol. The molecule has 0 aromatic carbocycles. The highest BCUT2D eigenvalue weighted by Crippen LogP contribution is 2.26. The van der Waals surface area contributed by atoms with Gasteiger partial charge in [0, 0.05) is 11.4 Å². The van der Waals surface area contributed by atoms with E-state index >= 15 is 0 Å². The summed E-state index contributed by atoms with van der Waals surface area (Å²) >= 11 is 1.53. The Morgan fingerprint density at radius 3 is 2.80 bits per heavy atom. The lowest BCUT2D eigenvalue weighted by Gasteiger charge is -2.31. The molecule has 1 saturated heterocycles. The van der Waals surface area contributed by atoms with Crippen molar-refractivity contribution in [1.82, 2.24) is 10.3 Å². The Labute approximate surface area is 125 Å². The summed E-state index contributed by atoms with van der Waals surface area (Å²) in [6.45, 7) is 7.66. The maximum atomic E-state index is 11.5. The number of thiophene rings is 1. The van der Waals surface area contributed by atoms with E-state index in [0.29, 0.717) is 4.88 Å². The summed E-state index contributed by atoms with van der Waals surface area (Å²) in [4.78, 5) is 16.0. The van der Waals surface area contributed by atoms with Crippen LogP contribution in [0, 0.1) is 12.8 Å².